The van der Waals surface area contributed by atoms with E-state index in [1.54, 1.807) is 12.1 Å². The lowest BCUT2D eigenvalue weighted by molar-refractivity contribution is -0.137. The largest absolute Gasteiger partial charge is 0.468 e. The summed E-state index contributed by atoms with van der Waals surface area (Å²) in [4.78, 5) is 12.6. The van der Waals surface area contributed by atoms with Crippen LogP contribution in [0, 0.1) is 0 Å². The summed E-state index contributed by atoms with van der Waals surface area (Å²) in [5.74, 6) is -0.559. The minimum absolute atomic E-state index is 0.0107. The van der Waals surface area contributed by atoms with Crippen molar-refractivity contribution in [2.45, 2.75) is 24.7 Å². The molecule has 0 radical (unpaired) electrons. The monoisotopic (exact) mass is 403 g/mol. The summed E-state index contributed by atoms with van der Waals surface area (Å²) in [6, 6.07) is 5.59. The molecule has 1 aromatic heterocycles. The predicted molar refractivity (Wildman–Crippen MR) is 89.7 cm³/mol. The van der Waals surface area contributed by atoms with E-state index in [2.05, 4.69) is 10.0 Å². The number of furan rings is 1. The first-order valence-corrected chi connectivity index (χ1v) is 9.29. The Bertz CT molecular complexity index is 929. The average Bonchev–Trinajstić information content (AvgIpc) is 3.11. The Morgan fingerprint density at radius 3 is 2.59 bits per heavy atom. The maximum Gasteiger partial charge on any atom is 0.418 e. The Kier molecular flexibility index (Phi) is 5.02. The minimum atomic E-state index is -4.66. The average molecular weight is 403 g/mol. The quantitative estimate of drug-likeness (QED) is 0.824. The Morgan fingerprint density at radius 2 is 1.96 bits per heavy atom. The van der Waals surface area contributed by atoms with E-state index in [1.807, 2.05) is 0 Å². The highest BCUT2D eigenvalue weighted by Crippen LogP contribution is 2.35. The van der Waals surface area contributed by atoms with Crippen molar-refractivity contribution in [3.8, 4) is 0 Å². The molecule has 1 saturated heterocycles. The third-order valence-corrected chi connectivity index (χ3v) is 5.84. The topological polar surface area (TPSA) is 91.7 Å². The molecule has 1 aliphatic rings. The van der Waals surface area contributed by atoms with E-state index >= 15 is 0 Å². The number of hydrogen-bond donors (Lipinski definition) is 2. The molecule has 146 valence electrons. The minimum Gasteiger partial charge on any atom is -0.468 e. The van der Waals surface area contributed by atoms with Gasteiger partial charge in [0, 0.05) is 7.05 Å². The standard InChI is InChI=1S/C16H16F3N3O4S/c1-22-13(9-12(21-27(22,24)25)14-7-4-8-26-14)15(23)20-11-6-3-2-5-10(11)16(17,18)19/h2-8,12-13,21H,9H2,1H3,(H,20,23). The molecule has 0 saturated carbocycles. The number of rotatable bonds is 3. The number of alkyl halides is 3. The maximum absolute atomic E-state index is 13.1. The van der Waals surface area contributed by atoms with Gasteiger partial charge in [-0.05, 0) is 30.7 Å². The van der Waals surface area contributed by atoms with Crippen LogP contribution in [0.1, 0.15) is 23.8 Å². The lowest BCUT2D eigenvalue weighted by Crippen LogP contribution is -2.55. The first kappa shape index (κ1) is 19.4. The molecule has 2 atom stereocenters. The molecule has 2 unspecified atom stereocenters. The summed E-state index contributed by atoms with van der Waals surface area (Å²) in [7, 11) is -2.84. The fraction of sp³-hybridized carbons (Fsp3) is 0.312. The number of anilines is 1. The van der Waals surface area contributed by atoms with Gasteiger partial charge in [-0.3, -0.25) is 4.79 Å². The summed E-state index contributed by atoms with van der Waals surface area (Å²) >= 11 is 0. The number of halogens is 3. The number of nitrogens with one attached hydrogen (secondary N) is 2. The van der Waals surface area contributed by atoms with Crippen LogP contribution in [-0.2, 0) is 21.2 Å². The van der Waals surface area contributed by atoms with Gasteiger partial charge >= 0.3 is 6.18 Å². The number of likely N-dealkylation sites (N-methyl/N-ethyl adjacent to an activating group) is 1. The zero-order valence-electron chi connectivity index (χ0n) is 14.0. The highest BCUT2D eigenvalue weighted by Gasteiger charge is 2.42. The van der Waals surface area contributed by atoms with Crippen LogP contribution in [0.5, 0.6) is 0 Å². The molecule has 1 amide bonds. The van der Waals surface area contributed by atoms with Crippen LogP contribution in [0.2, 0.25) is 0 Å². The van der Waals surface area contributed by atoms with E-state index in [4.69, 9.17) is 4.42 Å². The van der Waals surface area contributed by atoms with Gasteiger partial charge in [-0.15, -0.1) is 0 Å². The summed E-state index contributed by atoms with van der Waals surface area (Å²) in [5.41, 5.74) is -1.45. The summed E-state index contributed by atoms with van der Waals surface area (Å²) in [6.45, 7) is 0. The van der Waals surface area contributed by atoms with Gasteiger partial charge in [0.15, 0.2) is 0 Å². The summed E-state index contributed by atoms with van der Waals surface area (Å²) < 4.78 is 72.3. The van der Waals surface area contributed by atoms with Gasteiger partial charge in [0.05, 0.1) is 23.6 Å². The number of nitrogens with zero attached hydrogens (tertiary/aromatic N) is 1. The molecule has 2 N–H and O–H groups in total. The molecule has 1 fully saturated rings. The Balaban J connectivity index is 1.87. The normalized spacial score (nSPS) is 23.1. The molecule has 7 nitrogen and oxygen atoms in total. The number of amides is 1. The van der Waals surface area contributed by atoms with Crippen LogP contribution < -0.4 is 10.0 Å². The van der Waals surface area contributed by atoms with Gasteiger partial charge in [-0.25, -0.2) is 0 Å². The van der Waals surface area contributed by atoms with Crippen LogP contribution in [0.15, 0.2) is 47.1 Å². The predicted octanol–water partition coefficient (Wildman–Crippen LogP) is 2.52. The second-order valence-electron chi connectivity index (χ2n) is 5.99. The Morgan fingerprint density at radius 1 is 1.26 bits per heavy atom. The van der Waals surface area contributed by atoms with Crippen LogP contribution in [0.4, 0.5) is 18.9 Å². The van der Waals surface area contributed by atoms with Crippen molar-refractivity contribution in [3.63, 3.8) is 0 Å². The SMILES string of the molecule is CN1C(C(=O)Nc2ccccc2C(F)(F)F)CC(c2ccco2)NS1(=O)=O. The Labute approximate surface area is 153 Å². The van der Waals surface area contributed by atoms with E-state index in [0.29, 0.717) is 5.76 Å². The van der Waals surface area contributed by atoms with Crippen LogP contribution in [-0.4, -0.2) is 31.7 Å². The van der Waals surface area contributed by atoms with E-state index in [0.717, 1.165) is 16.4 Å². The second-order valence-corrected chi connectivity index (χ2v) is 7.75. The van der Waals surface area contributed by atoms with Crippen molar-refractivity contribution in [2.24, 2.45) is 0 Å². The zero-order chi connectivity index (χ0) is 19.8. The molecule has 27 heavy (non-hydrogen) atoms. The molecule has 2 aromatic rings. The lowest BCUT2D eigenvalue weighted by Gasteiger charge is -2.35. The zero-order valence-corrected chi connectivity index (χ0v) is 14.8. The van der Waals surface area contributed by atoms with E-state index in [9.17, 15) is 26.4 Å². The van der Waals surface area contributed by atoms with E-state index in [1.165, 1.54) is 25.4 Å². The first-order chi connectivity index (χ1) is 12.6. The molecule has 2 heterocycles. The molecule has 11 heteroatoms. The highest BCUT2D eigenvalue weighted by molar-refractivity contribution is 7.87. The fourth-order valence-corrected chi connectivity index (χ4v) is 4.10. The van der Waals surface area contributed by atoms with Gasteiger partial charge in [-0.2, -0.15) is 30.6 Å². The van der Waals surface area contributed by atoms with Gasteiger partial charge in [0.25, 0.3) is 10.2 Å². The first-order valence-electron chi connectivity index (χ1n) is 7.85. The van der Waals surface area contributed by atoms with Gasteiger partial charge in [-0.1, -0.05) is 12.1 Å². The molecule has 3 rings (SSSR count). The number of carbonyl (C=O) groups excluding carboxylic acids is 1. The third kappa shape index (κ3) is 3.99. The third-order valence-electron chi connectivity index (χ3n) is 4.25. The molecule has 0 aliphatic carbocycles. The molecule has 0 spiro atoms. The highest BCUT2D eigenvalue weighted by atomic mass is 32.2. The van der Waals surface area contributed by atoms with Crippen LogP contribution >= 0.6 is 0 Å². The van der Waals surface area contributed by atoms with E-state index < -0.39 is 45.6 Å². The number of hydrogen-bond acceptors (Lipinski definition) is 4. The molecule has 1 aliphatic heterocycles. The van der Waals surface area contributed by atoms with Gasteiger partial charge in [0.2, 0.25) is 5.91 Å². The summed E-state index contributed by atoms with van der Waals surface area (Å²) in [5, 5.41) is 2.20. The van der Waals surface area contributed by atoms with Crippen molar-refractivity contribution in [2.75, 3.05) is 12.4 Å². The number of benzene rings is 1. The van der Waals surface area contributed by atoms with Crippen molar-refractivity contribution in [1.29, 1.82) is 0 Å². The lowest BCUT2D eigenvalue weighted by atomic mass is 10.0. The molecular formula is C16H16F3N3O4S. The fourth-order valence-electron chi connectivity index (χ4n) is 2.84. The molecule has 1 aromatic carbocycles. The van der Waals surface area contributed by atoms with Gasteiger partial charge < -0.3 is 9.73 Å². The van der Waals surface area contributed by atoms with Crippen molar-refractivity contribution < 1.29 is 30.8 Å². The van der Waals surface area contributed by atoms with E-state index in [-0.39, 0.29) is 6.42 Å². The van der Waals surface area contributed by atoms with Crippen molar-refractivity contribution in [1.82, 2.24) is 9.03 Å². The molecular weight excluding hydrogens is 387 g/mol. The second kappa shape index (κ2) is 6.98. The van der Waals surface area contributed by atoms with Gasteiger partial charge in [0.1, 0.15) is 11.8 Å². The smallest absolute Gasteiger partial charge is 0.418 e. The van der Waals surface area contributed by atoms with Crippen molar-refractivity contribution >= 4 is 21.8 Å². The van der Waals surface area contributed by atoms with Crippen LogP contribution in [0.25, 0.3) is 0 Å². The molecule has 0 bridgehead atoms. The number of carbonyl (C=O) groups is 1. The Hall–Kier alpha value is -2.37. The van der Waals surface area contributed by atoms with Crippen molar-refractivity contribution in [3.05, 3.63) is 54.0 Å². The summed E-state index contributed by atoms with van der Waals surface area (Å²) in [6.07, 6.45) is -3.31. The maximum atomic E-state index is 13.1. The van der Waals surface area contributed by atoms with Crippen LogP contribution in [0.3, 0.4) is 0 Å². The number of para-hydroxylation sites is 1.